The predicted octanol–water partition coefficient (Wildman–Crippen LogP) is 1.85. The lowest BCUT2D eigenvalue weighted by Crippen LogP contribution is -2.34. The van der Waals surface area contributed by atoms with E-state index in [-0.39, 0.29) is 0 Å². The van der Waals surface area contributed by atoms with Gasteiger partial charge < -0.3 is 10.6 Å². The molecule has 0 aromatic heterocycles. The molecule has 2 aliphatic rings. The van der Waals surface area contributed by atoms with Crippen molar-refractivity contribution in [1.82, 2.24) is 4.90 Å². The molecule has 2 rings (SSSR count). The van der Waals surface area contributed by atoms with Gasteiger partial charge in [-0.25, -0.2) is 0 Å². The molecule has 2 fully saturated rings. The second-order valence-electron chi connectivity index (χ2n) is 5.05. The van der Waals surface area contributed by atoms with Crippen molar-refractivity contribution < 1.29 is 0 Å². The van der Waals surface area contributed by atoms with Crippen LogP contribution in [0, 0.1) is 11.8 Å². The van der Waals surface area contributed by atoms with Crippen molar-refractivity contribution in [1.29, 1.82) is 0 Å². The summed E-state index contributed by atoms with van der Waals surface area (Å²) in [5.74, 6) is 1.73. The molecule has 1 saturated carbocycles. The highest BCUT2D eigenvalue weighted by molar-refractivity contribution is 4.80. The van der Waals surface area contributed by atoms with E-state index in [9.17, 15) is 0 Å². The van der Waals surface area contributed by atoms with E-state index in [2.05, 4.69) is 4.90 Å². The first-order chi connectivity index (χ1) is 6.90. The van der Waals surface area contributed by atoms with Gasteiger partial charge in [0, 0.05) is 6.54 Å². The fraction of sp³-hybridized carbons (Fsp3) is 1.00. The van der Waals surface area contributed by atoms with Crippen LogP contribution in [0.15, 0.2) is 0 Å². The van der Waals surface area contributed by atoms with E-state index in [0.29, 0.717) is 0 Å². The molecule has 1 aliphatic heterocycles. The predicted molar refractivity (Wildman–Crippen MR) is 60.2 cm³/mol. The van der Waals surface area contributed by atoms with Gasteiger partial charge in [0.05, 0.1) is 0 Å². The van der Waals surface area contributed by atoms with Crippen molar-refractivity contribution >= 4 is 0 Å². The number of hydrogen-bond acceptors (Lipinski definition) is 2. The van der Waals surface area contributed by atoms with Crippen LogP contribution in [-0.4, -0.2) is 31.1 Å². The summed E-state index contributed by atoms with van der Waals surface area (Å²) in [7, 11) is 0. The molecule has 2 heteroatoms. The molecule has 2 nitrogen and oxygen atoms in total. The van der Waals surface area contributed by atoms with Gasteiger partial charge in [0.1, 0.15) is 0 Å². The second-order valence-corrected chi connectivity index (χ2v) is 5.05. The Hall–Kier alpha value is -0.0800. The summed E-state index contributed by atoms with van der Waals surface area (Å²) in [5.41, 5.74) is 5.90. The number of rotatable bonds is 4. The normalized spacial score (nSPS) is 27.2. The van der Waals surface area contributed by atoms with Crippen LogP contribution in [0.4, 0.5) is 0 Å². The van der Waals surface area contributed by atoms with Crippen molar-refractivity contribution in [2.45, 2.75) is 38.5 Å². The van der Waals surface area contributed by atoms with Crippen molar-refractivity contribution in [3.05, 3.63) is 0 Å². The molecule has 0 bridgehead atoms. The fourth-order valence-electron chi connectivity index (χ4n) is 3.14. The Morgan fingerprint density at radius 2 is 1.71 bits per heavy atom. The molecule has 0 amide bonds. The number of nitrogens with zero attached hydrogens (tertiary/aromatic N) is 1. The Morgan fingerprint density at radius 1 is 1.07 bits per heavy atom. The van der Waals surface area contributed by atoms with Crippen LogP contribution in [0.25, 0.3) is 0 Å². The largest absolute Gasteiger partial charge is 0.330 e. The zero-order valence-electron chi connectivity index (χ0n) is 9.25. The summed E-state index contributed by atoms with van der Waals surface area (Å²) < 4.78 is 0. The zero-order valence-corrected chi connectivity index (χ0v) is 9.25. The van der Waals surface area contributed by atoms with Crippen molar-refractivity contribution in [3.63, 3.8) is 0 Å². The second kappa shape index (κ2) is 5.13. The third kappa shape index (κ3) is 2.48. The minimum absolute atomic E-state index is 0.788. The van der Waals surface area contributed by atoms with E-state index in [0.717, 1.165) is 18.4 Å². The Kier molecular flexibility index (Phi) is 3.82. The number of hydrogen-bond donors (Lipinski definition) is 1. The summed E-state index contributed by atoms with van der Waals surface area (Å²) >= 11 is 0. The summed E-state index contributed by atoms with van der Waals surface area (Å²) in [6.45, 7) is 4.83. The molecular formula is C12H24N2. The molecular weight excluding hydrogens is 172 g/mol. The SMILES string of the molecule is NCC(CN1CCCC1)C1CCCC1. The molecule has 0 spiro atoms. The lowest BCUT2D eigenvalue weighted by Gasteiger charge is -2.26. The van der Waals surface area contributed by atoms with Gasteiger partial charge in [-0.15, -0.1) is 0 Å². The molecule has 1 unspecified atom stereocenters. The first-order valence-corrected chi connectivity index (χ1v) is 6.32. The van der Waals surface area contributed by atoms with Gasteiger partial charge in [0.2, 0.25) is 0 Å². The molecule has 82 valence electrons. The first kappa shape index (κ1) is 10.4. The van der Waals surface area contributed by atoms with Crippen molar-refractivity contribution in [2.75, 3.05) is 26.2 Å². The first-order valence-electron chi connectivity index (χ1n) is 6.32. The molecule has 14 heavy (non-hydrogen) atoms. The monoisotopic (exact) mass is 196 g/mol. The van der Waals surface area contributed by atoms with Gasteiger partial charge in [0.25, 0.3) is 0 Å². The third-order valence-electron chi connectivity index (χ3n) is 4.06. The molecule has 0 radical (unpaired) electrons. The van der Waals surface area contributed by atoms with Crippen LogP contribution in [0.5, 0.6) is 0 Å². The molecule has 1 aliphatic carbocycles. The molecule has 0 aromatic carbocycles. The Labute approximate surface area is 87.8 Å². The van der Waals surface area contributed by atoms with Crippen LogP contribution in [0.1, 0.15) is 38.5 Å². The van der Waals surface area contributed by atoms with Crippen LogP contribution >= 0.6 is 0 Å². The maximum absolute atomic E-state index is 5.90. The van der Waals surface area contributed by atoms with Crippen molar-refractivity contribution in [3.8, 4) is 0 Å². The molecule has 0 aromatic rings. The minimum atomic E-state index is 0.788. The number of nitrogens with two attached hydrogens (primary N) is 1. The molecule has 1 saturated heterocycles. The lowest BCUT2D eigenvalue weighted by atomic mass is 9.90. The van der Waals surface area contributed by atoms with Crippen LogP contribution < -0.4 is 5.73 Å². The average Bonchev–Trinajstić information content (AvgIpc) is 2.86. The minimum Gasteiger partial charge on any atom is -0.330 e. The van der Waals surface area contributed by atoms with Crippen LogP contribution in [0.2, 0.25) is 0 Å². The van der Waals surface area contributed by atoms with Gasteiger partial charge >= 0.3 is 0 Å². The smallest absolute Gasteiger partial charge is 0.00244 e. The van der Waals surface area contributed by atoms with E-state index < -0.39 is 0 Å². The van der Waals surface area contributed by atoms with E-state index in [1.165, 1.54) is 58.2 Å². The molecule has 2 N–H and O–H groups in total. The highest BCUT2D eigenvalue weighted by Crippen LogP contribution is 2.31. The molecule has 1 heterocycles. The van der Waals surface area contributed by atoms with Gasteiger partial charge in [0.15, 0.2) is 0 Å². The Bertz CT molecular complexity index is 158. The topological polar surface area (TPSA) is 29.3 Å². The third-order valence-corrected chi connectivity index (χ3v) is 4.06. The lowest BCUT2D eigenvalue weighted by molar-refractivity contribution is 0.225. The van der Waals surface area contributed by atoms with E-state index in [1.807, 2.05) is 0 Å². The van der Waals surface area contributed by atoms with Gasteiger partial charge in [-0.2, -0.15) is 0 Å². The van der Waals surface area contributed by atoms with Crippen LogP contribution in [0.3, 0.4) is 0 Å². The van der Waals surface area contributed by atoms with Crippen molar-refractivity contribution in [2.24, 2.45) is 17.6 Å². The Balaban J connectivity index is 1.79. The van der Waals surface area contributed by atoms with Crippen LogP contribution in [-0.2, 0) is 0 Å². The fourth-order valence-corrected chi connectivity index (χ4v) is 3.14. The average molecular weight is 196 g/mol. The summed E-state index contributed by atoms with van der Waals surface area (Å²) in [5, 5.41) is 0. The Morgan fingerprint density at radius 3 is 2.29 bits per heavy atom. The maximum atomic E-state index is 5.90. The summed E-state index contributed by atoms with van der Waals surface area (Å²) in [6.07, 6.45) is 8.58. The van der Waals surface area contributed by atoms with E-state index in [4.69, 9.17) is 5.73 Å². The highest BCUT2D eigenvalue weighted by atomic mass is 15.1. The summed E-state index contributed by atoms with van der Waals surface area (Å²) in [6, 6.07) is 0. The number of likely N-dealkylation sites (tertiary alicyclic amines) is 1. The quantitative estimate of drug-likeness (QED) is 0.743. The zero-order chi connectivity index (χ0) is 9.80. The van der Waals surface area contributed by atoms with E-state index in [1.54, 1.807) is 0 Å². The van der Waals surface area contributed by atoms with E-state index >= 15 is 0 Å². The maximum Gasteiger partial charge on any atom is 0.00244 e. The van der Waals surface area contributed by atoms with Gasteiger partial charge in [-0.05, 0) is 44.3 Å². The standard InChI is InChI=1S/C12H24N2/c13-9-12(11-5-1-2-6-11)10-14-7-3-4-8-14/h11-12H,1-10,13H2. The van der Waals surface area contributed by atoms with Gasteiger partial charge in [-0.1, -0.05) is 25.7 Å². The molecule has 1 atom stereocenters. The highest BCUT2D eigenvalue weighted by Gasteiger charge is 2.26. The summed E-state index contributed by atoms with van der Waals surface area (Å²) in [4.78, 5) is 2.62. The van der Waals surface area contributed by atoms with Gasteiger partial charge in [-0.3, -0.25) is 0 Å².